The topological polar surface area (TPSA) is 304 Å². The maximum atomic E-state index is 13.0. The average Bonchev–Trinajstić information content (AvgIpc) is 0.838. The Morgan fingerprint density at radius 3 is 1.07 bits per heavy atom. The molecule has 0 bridgehead atoms. The van der Waals surface area contributed by atoms with Crippen molar-refractivity contribution < 1.29 is 62.6 Å². The number of nitrogens with zero attached hydrogens (tertiary/aromatic N) is 8. The molecule has 117 heavy (non-hydrogen) atoms. The summed E-state index contributed by atoms with van der Waals surface area (Å²) in [4.78, 5) is 90.4. The van der Waals surface area contributed by atoms with E-state index in [0.717, 1.165) is 70.6 Å². The van der Waals surface area contributed by atoms with Gasteiger partial charge in [0.1, 0.15) is 91.9 Å². The average molecular weight is 1980 g/mol. The molecule has 0 spiro atoms. The van der Waals surface area contributed by atoms with Gasteiger partial charge in [-0.05, 0) is 110 Å². The standard InChI is InChI=1S/C31H30N4O4.C23H24N4O2.C18H19ClN4O3.C13H13BO3.2CH4.3HI.V/c36-30(25-15-17-35(18-16-25)31(37)39-21-24-11-5-2-6-12-24)34-29-19-27(32-22-33-29)26-13-7-8-14-28(26)38-20-23-9-3-1-4-10-23;28-23(18-10-12-24-13-11-18)27-22-14-20(25-16-26-22)19-8-4-5-9-21(19)29-15-17-6-2-1-3-7-17;19-15-10-16(21-12-20-15)22-17(24)14-6-8-23(9-7-14)18(25)26-11-13-4-2-1-3-5-13;15-14(16)12-8-4-5-9-13(12)17-10-11-6-2-1-3-7-11;;;;;;/h1-14,19,22,25H,15-18,20-21H2,(H,32,33,34,36);1-9,14,16,18,24H,10-13,15H2,(H,25,26,27,28);1-5,10,12,14H,6-9,11H2,(H,20,21,22,24);1-9,15-16H,10H2;2*1H4;3*1H;/q;;;;;;;;;+3/p-3. The van der Waals surface area contributed by atoms with Crippen molar-refractivity contribution in [1.29, 1.82) is 0 Å². The summed E-state index contributed by atoms with van der Waals surface area (Å²) in [6, 6.07) is 76.2. The molecule has 3 saturated heterocycles. The Morgan fingerprint density at radius 2 is 0.709 bits per heavy atom. The number of likely N-dealkylation sites (tertiary alicyclic amines) is 2. The van der Waals surface area contributed by atoms with Crippen LogP contribution in [0.2, 0.25) is 5.15 Å². The van der Waals surface area contributed by atoms with Crippen LogP contribution in [0, 0.1) is 17.8 Å². The van der Waals surface area contributed by atoms with Gasteiger partial charge < -0.3 is 64.8 Å². The molecule has 0 saturated carbocycles. The first-order valence-corrected chi connectivity index (χ1v) is 51.0. The first kappa shape index (κ1) is 92.9. The third-order valence-corrected chi connectivity index (χ3v) is 18.5. The molecule has 3 aliphatic heterocycles. The third-order valence-electron chi connectivity index (χ3n) is 18.3. The number of benzene rings is 8. The zero-order valence-electron chi connectivity index (χ0n) is 62.7. The number of anilines is 3. The fourth-order valence-corrected chi connectivity index (χ4v) is 12.4. The van der Waals surface area contributed by atoms with Crippen LogP contribution in [-0.4, -0.2) is 126 Å². The van der Waals surface area contributed by atoms with Crippen LogP contribution in [0.4, 0.5) is 27.0 Å². The van der Waals surface area contributed by atoms with Gasteiger partial charge in [-0.25, -0.2) is 39.5 Å². The number of piperidine rings is 3. The Labute approximate surface area is 726 Å². The molecule has 11 aromatic rings. The second-order valence-electron chi connectivity index (χ2n) is 26.3. The van der Waals surface area contributed by atoms with Crippen molar-refractivity contribution in [2.75, 3.05) is 55.2 Å². The van der Waals surface area contributed by atoms with Gasteiger partial charge in [-0.1, -0.05) is 221 Å². The molecule has 3 aliphatic rings. The summed E-state index contributed by atoms with van der Waals surface area (Å²) in [5, 5.41) is 30.5. The number of carbonyl (C=O) groups excluding carboxylic acids is 5. The first-order valence-electron chi connectivity index (χ1n) is 37.1. The minimum absolute atomic E-state index is 0. The molecular weight excluding hydrogens is 1880 g/mol. The number of aromatic nitrogens is 6. The number of hydrogen-bond donors (Lipinski definition) is 6. The van der Waals surface area contributed by atoms with Gasteiger partial charge in [0, 0.05) is 78.7 Å². The summed E-state index contributed by atoms with van der Waals surface area (Å²) in [6.45, 7) is 5.44. The minimum atomic E-state index is -1.51. The number of amides is 5. The number of para-hydroxylation sites is 3. The first-order chi connectivity index (χ1) is 56.1. The Balaban J connectivity index is 0.000000197. The molecule has 24 nitrogen and oxygen atoms in total. The molecule has 3 aromatic heterocycles. The summed E-state index contributed by atoms with van der Waals surface area (Å²) in [7, 11) is -1.51. The van der Waals surface area contributed by atoms with E-state index in [1.807, 2.05) is 200 Å². The molecule has 8 aromatic carbocycles. The van der Waals surface area contributed by atoms with Crippen molar-refractivity contribution in [2.45, 2.75) is 86.4 Å². The van der Waals surface area contributed by atoms with Crippen LogP contribution in [0.3, 0.4) is 0 Å². The van der Waals surface area contributed by atoms with Gasteiger partial charge >= 0.3 is 84.2 Å². The molecule has 0 aliphatic carbocycles. The Kier molecular flexibility index (Phi) is 40.4. The van der Waals surface area contributed by atoms with Gasteiger partial charge in [0.05, 0.1) is 11.4 Å². The van der Waals surface area contributed by atoms with Gasteiger partial charge in [0.2, 0.25) is 17.7 Å². The summed E-state index contributed by atoms with van der Waals surface area (Å²) in [5.74, 6) is 2.64. The predicted octanol–water partition coefficient (Wildman–Crippen LogP) is 17.4. The molecule has 30 heteroatoms. The van der Waals surface area contributed by atoms with Gasteiger partial charge in [0.15, 0.2) is 0 Å². The fraction of sp³-hybridized carbons (Fsp3) is 0.253. The fourth-order valence-electron chi connectivity index (χ4n) is 12.2. The Hall–Kier alpha value is -9.64. The number of carbonyl (C=O) groups is 5. The van der Waals surface area contributed by atoms with Crippen molar-refractivity contribution in [1.82, 2.24) is 45.0 Å². The van der Waals surface area contributed by atoms with E-state index in [4.69, 9.17) is 35.3 Å². The van der Waals surface area contributed by atoms with Crippen LogP contribution >= 0.6 is 71.5 Å². The van der Waals surface area contributed by atoms with Crippen LogP contribution in [-0.2, 0) is 61.8 Å². The normalized spacial score (nSPS) is 13.1. The maximum absolute atomic E-state index is 13.0. The summed E-state index contributed by atoms with van der Waals surface area (Å²) in [5.41, 5.74) is 8.51. The van der Waals surface area contributed by atoms with Crippen LogP contribution in [0.1, 0.15) is 81.2 Å². The number of nitrogens with one attached hydrogen (secondary N) is 4. The number of ether oxygens (including phenoxy) is 5. The van der Waals surface area contributed by atoms with Crippen molar-refractivity contribution in [2.24, 2.45) is 17.8 Å². The van der Waals surface area contributed by atoms with Crippen molar-refractivity contribution in [3.05, 3.63) is 295 Å². The summed E-state index contributed by atoms with van der Waals surface area (Å²) < 4.78 is 28.4. The van der Waals surface area contributed by atoms with Crippen LogP contribution in [0.25, 0.3) is 22.5 Å². The third kappa shape index (κ3) is 32.0. The Bertz CT molecular complexity index is 4830. The molecule has 3 fully saturated rings. The number of halogens is 4. The van der Waals surface area contributed by atoms with Gasteiger partial charge in [-0.2, -0.15) is 0 Å². The van der Waals surface area contributed by atoms with E-state index < -0.39 is 7.12 Å². The van der Waals surface area contributed by atoms with E-state index in [0.29, 0.717) is 117 Å². The predicted molar refractivity (Wildman–Crippen MR) is 479 cm³/mol. The number of hydrogen-bond acceptors (Lipinski definition) is 19. The summed E-state index contributed by atoms with van der Waals surface area (Å²) >= 11 is 13.2. The molecule has 14 rings (SSSR count). The second kappa shape index (κ2) is 50.9. The van der Waals surface area contributed by atoms with Crippen LogP contribution in [0.15, 0.2) is 262 Å². The molecule has 0 unspecified atom stereocenters. The van der Waals surface area contributed by atoms with E-state index in [9.17, 15) is 34.0 Å². The van der Waals surface area contributed by atoms with Gasteiger partial charge in [-0.3, -0.25) is 14.4 Å². The Morgan fingerprint density at radius 1 is 0.410 bits per heavy atom. The van der Waals surface area contributed by atoms with E-state index in [2.05, 4.69) is 111 Å². The molecular formula is C87H94BClI3N12O12V. The second-order valence-corrected chi connectivity index (χ2v) is 62.1. The van der Waals surface area contributed by atoms with Crippen LogP contribution in [0.5, 0.6) is 17.2 Å². The molecule has 0 atom stereocenters. The monoisotopic (exact) mass is 1980 g/mol. The molecule has 610 valence electrons. The zero-order valence-corrected chi connectivity index (χ0v) is 71.3. The van der Waals surface area contributed by atoms with Crippen molar-refractivity contribution in [3.63, 3.8) is 0 Å². The molecule has 6 N–H and O–H groups in total. The van der Waals surface area contributed by atoms with Gasteiger partial charge in [-0.15, -0.1) is 0 Å². The number of rotatable bonds is 22. The zero-order chi connectivity index (χ0) is 80.8. The van der Waals surface area contributed by atoms with Crippen molar-refractivity contribution in [3.8, 4) is 39.8 Å². The van der Waals surface area contributed by atoms with Crippen LogP contribution < -0.4 is 40.9 Å². The van der Waals surface area contributed by atoms with E-state index in [1.54, 1.807) is 46.2 Å². The van der Waals surface area contributed by atoms with E-state index in [-0.39, 0.29) is 85.8 Å². The SMILES string of the molecule is C.C.O=C(Nc1cc(-c2ccccc2OCc2ccccc2)ncn1)C1CCN(C(=O)OCc2ccccc2)CC1.O=C(Nc1cc(-c2ccccc2OCc2ccccc2)ncn1)C1CCNCC1.O=C(Nc1cc(Cl)ncn1)C1CCN(C(=O)OCc2ccccc2)CC1.OB(O)c1ccccc1OCc1ccccc1.[I][V]([I])[I]. The summed E-state index contributed by atoms with van der Waals surface area (Å²) in [6.07, 6.45) is 7.45. The van der Waals surface area contributed by atoms with Crippen molar-refractivity contribution >= 4 is 131 Å². The van der Waals surface area contributed by atoms with E-state index in [1.165, 1.54) is 25.0 Å². The molecule has 0 radical (unpaired) electrons. The quantitative estimate of drug-likeness (QED) is 0.0209. The van der Waals surface area contributed by atoms with Gasteiger partial charge in [0.25, 0.3) is 0 Å². The molecule has 5 amide bonds. The molecule has 6 heterocycles. The van der Waals surface area contributed by atoms with E-state index >= 15 is 0 Å².